The quantitative estimate of drug-likeness (QED) is 0.806. The van der Waals surface area contributed by atoms with Gasteiger partial charge in [-0.05, 0) is 48.4 Å². The van der Waals surface area contributed by atoms with Gasteiger partial charge in [-0.15, -0.1) is 0 Å². The molecule has 2 rings (SSSR count). The zero-order valence-electron chi connectivity index (χ0n) is 9.49. The van der Waals surface area contributed by atoms with Gasteiger partial charge < -0.3 is 15.5 Å². The Bertz CT molecular complexity index is 435. The van der Waals surface area contributed by atoms with E-state index in [2.05, 4.69) is 9.97 Å². The molecule has 6 heteroatoms. The van der Waals surface area contributed by atoms with E-state index < -0.39 is 0 Å². The lowest BCUT2D eigenvalue weighted by Gasteiger charge is -2.30. The van der Waals surface area contributed by atoms with Crippen molar-refractivity contribution in [2.24, 2.45) is 11.7 Å². The first-order valence-electron chi connectivity index (χ1n) is 5.82. The van der Waals surface area contributed by atoms with E-state index in [4.69, 9.17) is 10.5 Å². The van der Waals surface area contributed by atoms with Gasteiger partial charge in [0.05, 0.1) is 6.33 Å². The molecule has 3 N–H and O–H groups in total. The number of ether oxygens (including phenoxy) is 1. The highest BCUT2D eigenvalue weighted by Gasteiger charge is 2.26. The largest absolute Gasteiger partial charge is 0.473 e. The van der Waals surface area contributed by atoms with Gasteiger partial charge in [-0.25, -0.2) is 4.98 Å². The second-order valence-electron chi connectivity index (χ2n) is 4.29. The second kappa shape index (κ2) is 5.81. The summed E-state index contributed by atoms with van der Waals surface area (Å²) in [6, 6.07) is 0. The molecule has 1 aliphatic rings. The molecule has 0 radical (unpaired) electrons. The number of nitrogens with two attached hydrogens (primary N) is 1. The van der Waals surface area contributed by atoms with Gasteiger partial charge in [-0.1, -0.05) is 6.42 Å². The summed E-state index contributed by atoms with van der Waals surface area (Å²) in [4.78, 5) is 18.0. The zero-order valence-corrected chi connectivity index (χ0v) is 11.6. The molecule has 1 aromatic heterocycles. The van der Waals surface area contributed by atoms with E-state index in [0.29, 0.717) is 21.9 Å². The summed E-state index contributed by atoms with van der Waals surface area (Å²) in [5.41, 5.74) is 5.59. The molecule has 0 aromatic carbocycles. The second-order valence-corrected chi connectivity index (χ2v) is 5.37. The van der Waals surface area contributed by atoms with E-state index in [1.54, 1.807) is 0 Å². The zero-order chi connectivity index (χ0) is 12.3. The van der Waals surface area contributed by atoms with Gasteiger partial charge in [-0.3, -0.25) is 4.79 Å². The fourth-order valence-corrected chi connectivity index (χ4v) is 2.61. The molecule has 1 aromatic rings. The Morgan fingerprint density at radius 3 is 3.06 bits per heavy atom. The summed E-state index contributed by atoms with van der Waals surface area (Å²) in [6.45, 7) is 0.629. The number of nitrogens with one attached hydrogen (secondary N) is 1. The highest BCUT2D eigenvalue weighted by Crippen LogP contribution is 2.27. The lowest BCUT2D eigenvalue weighted by Crippen LogP contribution is -2.36. The summed E-state index contributed by atoms with van der Waals surface area (Å²) in [7, 11) is 0. The molecule has 17 heavy (non-hydrogen) atoms. The Morgan fingerprint density at radius 2 is 2.29 bits per heavy atom. The van der Waals surface area contributed by atoms with Crippen LogP contribution < -0.4 is 16.0 Å². The predicted octanol–water partition coefficient (Wildman–Crippen LogP) is 1.27. The van der Waals surface area contributed by atoms with Crippen LogP contribution in [0.3, 0.4) is 0 Å². The molecule has 2 unspecified atom stereocenters. The average molecular weight is 349 g/mol. The maximum atomic E-state index is 11.4. The first-order valence-corrected chi connectivity index (χ1v) is 6.90. The van der Waals surface area contributed by atoms with Crippen molar-refractivity contribution >= 4 is 22.6 Å². The molecular weight excluding hydrogens is 333 g/mol. The van der Waals surface area contributed by atoms with Crippen molar-refractivity contribution < 1.29 is 4.74 Å². The number of halogens is 1. The van der Waals surface area contributed by atoms with Crippen molar-refractivity contribution in [1.82, 2.24) is 9.97 Å². The van der Waals surface area contributed by atoms with Gasteiger partial charge in [-0.2, -0.15) is 0 Å². The summed E-state index contributed by atoms with van der Waals surface area (Å²) in [5.74, 6) is 0.806. The van der Waals surface area contributed by atoms with Crippen LogP contribution in [0.5, 0.6) is 5.88 Å². The predicted molar refractivity (Wildman–Crippen MR) is 73.0 cm³/mol. The topological polar surface area (TPSA) is 81.0 Å². The van der Waals surface area contributed by atoms with Crippen LogP contribution in [0.4, 0.5) is 0 Å². The van der Waals surface area contributed by atoms with Crippen LogP contribution in [0.15, 0.2) is 11.1 Å². The number of aromatic nitrogens is 2. The normalized spacial score (nSPS) is 24.6. The molecule has 2 atom stereocenters. The van der Waals surface area contributed by atoms with E-state index in [-0.39, 0.29) is 11.7 Å². The Balaban J connectivity index is 2.13. The first kappa shape index (κ1) is 12.8. The SMILES string of the molecule is NCC1CCCCC1Oc1nc[nH]c(=O)c1I. The Hall–Kier alpha value is -0.630. The van der Waals surface area contributed by atoms with E-state index in [9.17, 15) is 4.79 Å². The summed E-state index contributed by atoms with van der Waals surface area (Å²) in [6.07, 6.45) is 5.92. The molecule has 1 aliphatic carbocycles. The highest BCUT2D eigenvalue weighted by molar-refractivity contribution is 14.1. The van der Waals surface area contributed by atoms with Gasteiger partial charge in [0.15, 0.2) is 0 Å². The number of nitrogens with zero attached hydrogens (tertiary/aromatic N) is 1. The van der Waals surface area contributed by atoms with Gasteiger partial charge in [0.1, 0.15) is 9.67 Å². The third kappa shape index (κ3) is 2.98. The van der Waals surface area contributed by atoms with Crippen molar-refractivity contribution in [3.63, 3.8) is 0 Å². The Labute approximate surface area is 113 Å². The first-order chi connectivity index (χ1) is 8.22. The summed E-state index contributed by atoms with van der Waals surface area (Å²) in [5, 5.41) is 0. The fourth-order valence-electron chi connectivity index (χ4n) is 2.19. The highest BCUT2D eigenvalue weighted by atomic mass is 127. The lowest BCUT2D eigenvalue weighted by atomic mass is 9.86. The van der Waals surface area contributed by atoms with E-state index >= 15 is 0 Å². The Morgan fingerprint density at radius 1 is 1.53 bits per heavy atom. The van der Waals surface area contributed by atoms with E-state index in [1.807, 2.05) is 22.6 Å². The number of H-pyrrole nitrogens is 1. The fraction of sp³-hybridized carbons (Fsp3) is 0.636. The van der Waals surface area contributed by atoms with Crippen LogP contribution in [-0.2, 0) is 0 Å². The summed E-state index contributed by atoms with van der Waals surface area (Å²) < 4.78 is 6.36. The molecule has 5 nitrogen and oxygen atoms in total. The van der Waals surface area contributed by atoms with Crippen molar-refractivity contribution in [1.29, 1.82) is 0 Å². The molecule has 0 spiro atoms. The molecule has 1 heterocycles. The lowest BCUT2D eigenvalue weighted by molar-refractivity contribution is 0.0910. The molecule has 0 saturated heterocycles. The number of hydrogen-bond donors (Lipinski definition) is 2. The minimum atomic E-state index is -0.157. The minimum Gasteiger partial charge on any atom is -0.473 e. The smallest absolute Gasteiger partial charge is 0.268 e. The van der Waals surface area contributed by atoms with Crippen LogP contribution >= 0.6 is 22.6 Å². The molecule has 1 fully saturated rings. The number of rotatable bonds is 3. The average Bonchev–Trinajstić information content (AvgIpc) is 2.35. The summed E-state index contributed by atoms with van der Waals surface area (Å²) >= 11 is 1.96. The molecule has 1 saturated carbocycles. The van der Waals surface area contributed by atoms with E-state index in [0.717, 1.165) is 19.3 Å². The van der Waals surface area contributed by atoms with Crippen molar-refractivity contribution in [3.8, 4) is 5.88 Å². The molecule has 0 bridgehead atoms. The Kier molecular flexibility index (Phi) is 4.38. The van der Waals surface area contributed by atoms with Crippen molar-refractivity contribution in [3.05, 3.63) is 20.3 Å². The maximum Gasteiger partial charge on any atom is 0.268 e. The monoisotopic (exact) mass is 349 g/mol. The molecular formula is C11H16IN3O2. The van der Waals surface area contributed by atoms with Crippen molar-refractivity contribution in [2.45, 2.75) is 31.8 Å². The van der Waals surface area contributed by atoms with Crippen LogP contribution in [0.25, 0.3) is 0 Å². The van der Waals surface area contributed by atoms with Crippen LogP contribution in [0.2, 0.25) is 0 Å². The molecule has 0 aliphatic heterocycles. The molecule has 0 amide bonds. The maximum absolute atomic E-state index is 11.4. The third-order valence-electron chi connectivity index (χ3n) is 3.17. The van der Waals surface area contributed by atoms with Gasteiger partial charge in [0, 0.05) is 5.92 Å². The number of aromatic amines is 1. The number of hydrogen-bond acceptors (Lipinski definition) is 4. The minimum absolute atomic E-state index is 0.0940. The van der Waals surface area contributed by atoms with Crippen LogP contribution in [0, 0.1) is 9.49 Å². The van der Waals surface area contributed by atoms with Gasteiger partial charge in [0.2, 0.25) is 5.88 Å². The van der Waals surface area contributed by atoms with Gasteiger partial charge >= 0.3 is 0 Å². The van der Waals surface area contributed by atoms with E-state index in [1.165, 1.54) is 12.7 Å². The van der Waals surface area contributed by atoms with Gasteiger partial charge in [0.25, 0.3) is 5.56 Å². The third-order valence-corrected chi connectivity index (χ3v) is 4.12. The van der Waals surface area contributed by atoms with Crippen LogP contribution in [-0.4, -0.2) is 22.6 Å². The molecule has 94 valence electrons. The van der Waals surface area contributed by atoms with Crippen LogP contribution in [0.1, 0.15) is 25.7 Å². The standard InChI is InChI=1S/C11H16IN3O2/c12-9-10(16)14-6-15-11(9)17-8-4-2-1-3-7(8)5-13/h6-8H,1-5,13H2,(H,14,15,16). The van der Waals surface area contributed by atoms with Crippen molar-refractivity contribution in [2.75, 3.05) is 6.54 Å².